The SMILES string of the molecule is C=C(C(=O)C1CC2COCC(C1)N2C(=O)OCC1c2ccccc2-c2ccccc21)C(F)(F)F. The van der Waals surface area contributed by atoms with Gasteiger partial charge in [0.1, 0.15) is 6.61 Å². The number of allylic oxidation sites excluding steroid dienone is 1. The molecule has 1 amide bonds. The Labute approximate surface area is 195 Å². The van der Waals surface area contributed by atoms with E-state index in [2.05, 4.69) is 6.58 Å². The maximum absolute atomic E-state index is 13.1. The molecule has 0 radical (unpaired) electrons. The summed E-state index contributed by atoms with van der Waals surface area (Å²) < 4.78 is 50.2. The van der Waals surface area contributed by atoms with E-state index in [-0.39, 0.29) is 38.6 Å². The summed E-state index contributed by atoms with van der Waals surface area (Å²) in [5, 5.41) is 0. The van der Waals surface area contributed by atoms with Crippen LogP contribution < -0.4 is 0 Å². The van der Waals surface area contributed by atoms with Gasteiger partial charge in [-0.3, -0.25) is 9.69 Å². The Morgan fingerprint density at radius 2 is 1.50 bits per heavy atom. The summed E-state index contributed by atoms with van der Waals surface area (Å²) >= 11 is 0. The number of ketones is 1. The smallest absolute Gasteiger partial charge is 0.419 e. The topological polar surface area (TPSA) is 55.8 Å². The maximum atomic E-state index is 13.1. The number of Topliss-reactive ketones (excluding diaryl/α,β-unsaturated/α-hetero) is 1. The van der Waals surface area contributed by atoms with E-state index in [9.17, 15) is 22.8 Å². The molecule has 0 N–H and O–H groups in total. The minimum Gasteiger partial charge on any atom is -0.448 e. The first-order valence-electron chi connectivity index (χ1n) is 11.3. The van der Waals surface area contributed by atoms with Crippen LogP contribution in [-0.2, 0) is 14.3 Å². The van der Waals surface area contributed by atoms with Gasteiger partial charge in [-0.25, -0.2) is 4.79 Å². The number of morpholine rings is 1. The van der Waals surface area contributed by atoms with Crippen LogP contribution >= 0.6 is 0 Å². The highest BCUT2D eigenvalue weighted by Crippen LogP contribution is 2.45. The van der Waals surface area contributed by atoms with Crippen LogP contribution in [0, 0.1) is 5.92 Å². The number of carbonyl (C=O) groups excluding carboxylic acids is 2. The maximum Gasteiger partial charge on any atom is 0.419 e. The molecule has 2 unspecified atom stereocenters. The van der Waals surface area contributed by atoms with Gasteiger partial charge in [-0.1, -0.05) is 55.1 Å². The number of amides is 1. The van der Waals surface area contributed by atoms with E-state index in [0.717, 1.165) is 22.3 Å². The average Bonchev–Trinajstić information content (AvgIpc) is 3.14. The number of halogens is 3. The number of nitrogens with zero attached hydrogens (tertiary/aromatic N) is 1. The second-order valence-electron chi connectivity index (χ2n) is 9.07. The third-order valence-electron chi connectivity index (χ3n) is 7.08. The predicted molar refractivity (Wildman–Crippen MR) is 118 cm³/mol. The number of fused-ring (bicyclic) bond motifs is 5. The van der Waals surface area contributed by atoms with Crippen LogP contribution in [0.25, 0.3) is 11.1 Å². The first-order chi connectivity index (χ1) is 16.3. The Morgan fingerprint density at radius 1 is 0.971 bits per heavy atom. The molecular formula is C26H24F3NO4. The van der Waals surface area contributed by atoms with Crippen molar-refractivity contribution in [2.75, 3.05) is 19.8 Å². The molecule has 5 rings (SSSR count). The van der Waals surface area contributed by atoms with E-state index in [1.807, 2.05) is 48.5 Å². The highest BCUT2D eigenvalue weighted by molar-refractivity contribution is 5.98. The number of piperidine rings is 1. The van der Waals surface area contributed by atoms with Gasteiger partial charge >= 0.3 is 12.3 Å². The first kappa shape index (κ1) is 22.7. The monoisotopic (exact) mass is 471 g/mol. The van der Waals surface area contributed by atoms with E-state index in [1.54, 1.807) is 4.90 Å². The van der Waals surface area contributed by atoms with E-state index in [1.165, 1.54) is 0 Å². The fourth-order valence-corrected chi connectivity index (χ4v) is 5.48. The van der Waals surface area contributed by atoms with Crippen molar-refractivity contribution in [1.82, 2.24) is 4.90 Å². The molecule has 0 aromatic heterocycles. The normalized spacial score (nSPS) is 23.7. The molecule has 0 spiro atoms. The summed E-state index contributed by atoms with van der Waals surface area (Å²) in [6, 6.07) is 15.0. The number of rotatable bonds is 4. The zero-order chi connectivity index (χ0) is 24.0. The quantitative estimate of drug-likeness (QED) is 0.582. The number of benzene rings is 2. The largest absolute Gasteiger partial charge is 0.448 e. The highest BCUT2D eigenvalue weighted by atomic mass is 19.4. The summed E-state index contributed by atoms with van der Waals surface area (Å²) in [5.41, 5.74) is 3.08. The van der Waals surface area contributed by atoms with Gasteiger partial charge in [-0.2, -0.15) is 13.2 Å². The lowest BCUT2D eigenvalue weighted by Crippen LogP contribution is -2.60. The number of alkyl halides is 3. The minimum atomic E-state index is -4.76. The van der Waals surface area contributed by atoms with Crippen LogP contribution in [0.15, 0.2) is 60.7 Å². The standard InChI is InChI=1S/C26H24F3NO4/c1-15(26(27,28)29)24(31)16-10-17-12-33-13-18(11-16)30(17)25(32)34-14-23-21-8-4-2-6-19(21)20-7-3-5-9-22(20)23/h2-9,16-18,23H,1,10-14H2. The van der Waals surface area contributed by atoms with Gasteiger partial charge in [0.25, 0.3) is 0 Å². The van der Waals surface area contributed by atoms with Gasteiger partial charge in [0.15, 0.2) is 5.78 Å². The van der Waals surface area contributed by atoms with Crippen molar-refractivity contribution in [3.63, 3.8) is 0 Å². The van der Waals surface area contributed by atoms with Gasteiger partial charge < -0.3 is 9.47 Å². The molecule has 2 aromatic rings. The number of carbonyl (C=O) groups is 2. The van der Waals surface area contributed by atoms with Crippen molar-refractivity contribution in [3.8, 4) is 11.1 Å². The van der Waals surface area contributed by atoms with Gasteiger partial charge in [0, 0.05) is 11.8 Å². The molecule has 2 bridgehead atoms. The fourth-order valence-electron chi connectivity index (χ4n) is 5.48. The van der Waals surface area contributed by atoms with Crippen molar-refractivity contribution in [2.45, 2.75) is 37.0 Å². The van der Waals surface area contributed by atoms with Crippen LogP contribution in [0.4, 0.5) is 18.0 Å². The molecule has 8 heteroatoms. The molecule has 34 heavy (non-hydrogen) atoms. The van der Waals surface area contributed by atoms with Gasteiger partial charge in [0.2, 0.25) is 0 Å². The number of ether oxygens (including phenoxy) is 2. The summed E-state index contributed by atoms with van der Waals surface area (Å²) in [4.78, 5) is 27.1. The van der Waals surface area contributed by atoms with Crippen LogP contribution in [0.1, 0.15) is 29.9 Å². The Kier molecular flexibility index (Phi) is 5.72. The second-order valence-corrected chi connectivity index (χ2v) is 9.07. The second kappa shape index (κ2) is 8.58. The van der Waals surface area contributed by atoms with E-state index in [4.69, 9.17) is 9.47 Å². The average molecular weight is 471 g/mol. The Hall–Kier alpha value is -3.13. The molecule has 1 aliphatic carbocycles. The van der Waals surface area contributed by atoms with Crippen molar-refractivity contribution in [1.29, 1.82) is 0 Å². The van der Waals surface area contributed by atoms with Crippen LogP contribution in [0.2, 0.25) is 0 Å². The van der Waals surface area contributed by atoms with Crippen LogP contribution in [0.5, 0.6) is 0 Å². The summed E-state index contributed by atoms with van der Waals surface area (Å²) in [6.07, 6.45) is -5.10. The molecule has 5 nitrogen and oxygen atoms in total. The van der Waals surface area contributed by atoms with Crippen molar-refractivity contribution < 1.29 is 32.2 Å². The Bertz CT molecular complexity index is 1090. The predicted octanol–water partition coefficient (Wildman–Crippen LogP) is 5.10. The molecule has 0 saturated carbocycles. The van der Waals surface area contributed by atoms with Crippen molar-refractivity contribution >= 4 is 11.9 Å². The van der Waals surface area contributed by atoms with E-state index in [0.29, 0.717) is 0 Å². The van der Waals surface area contributed by atoms with Gasteiger partial charge in [0.05, 0.1) is 30.9 Å². The molecule has 2 aliphatic heterocycles. The Morgan fingerprint density at radius 3 is 2.03 bits per heavy atom. The summed E-state index contributed by atoms with van der Waals surface area (Å²) in [5.74, 6) is -1.94. The van der Waals surface area contributed by atoms with Gasteiger partial charge in [-0.15, -0.1) is 0 Å². The lowest BCUT2D eigenvalue weighted by Gasteiger charge is -2.47. The molecule has 2 saturated heterocycles. The first-order valence-corrected chi connectivity index (χ1v) is 11.3. The zero-order valence-corrected chi connectivity index (χ0v) is 18.4. The lowest BCUT2D eigenvalue weighted by molar-refractivity contribution is -0.138. The summed E-state index contributed by atoms with van der Waals surface area (Å²) in [6.45, 7) is 3.41. The third-order valence-corrected chi connectivity index (χ3v) is 7.08. The lowest BCUT2D eigenvalue weighted by atomic mass is 9.81. The molecule has 3 aliphatic rings. The molecule has 2 fully saturated rings. The van der Waals surface area contributed by atoms with E-state index < -0.39 is 41.6 Å². The highest BCUT2D eigenvalue weighted by Gasteiger charge is 2.47. The zero-order valence-electron chi connectivity index (χ0n) is 18.4. The molecule has 2 aromatic carbocycles. The molecule has 178 valence electrons. The molecule has 2 heterocycles. The van der Waals surface area contributed by atoms with Crippen LogP contribution in [-0.4, -0.2) is 54.9 Å². The fraction of sp³-hybridized carbons (Fsp3) is 0.385. The molecule has 2 atom stereocenters. The van der Waals surface area contributed by atoms with Crippen LogP contribution in [0.3, 0.4) is 0 Å². The number of hydrogen-bond donors (Lipinski definition) is 0. The van der Waals surface area contributed by atoms with E-state index >= 15 is 0 Å². The van der Waals surface area contributed by atoms with Crippen molar-refractivity contribution in [3.05, 3.63) is 71.8 Å². The van der Waals surface area contributed by atoms with Crippen molar-refractivity contribution in [2.24, 2.45) is 5.92 Å². The minimum absolute atomic E-state index is 0.0919. The third kappa shape index (κ3) is 3.90. The Balaban J connectivity index is 1.29. The van der Waals surface area contributed by atoms with Gasteiger partial charge in [-0.05, 0) is 35.1 Å². The number of hydrogen-bond acceptors (Lipinski definition) is 4. The molecular weight excluding hydrogens is 447 g/mol. The summed E-state index contributed by atoms with van der Waals surface area (Å²) in [7, 11) is 0.